The minimum Gasteiger partial charge on any atom is -0.268 e. The van der Waals surface area contributed by atoms with Crippen LogP contribution in [0.5, 0.6) is 0 Å². The summed E-state index contributed by atoms with van der Waals surface area (Å²) in [6.45, 7) is 16.7. The highest BCUT2D eigenvalue weighted by molar-refractivity contribution is 7.80. The average molecular weight is 1080 g/mol. The first-order valence-electron chi connectivity index (χ1n) is 27.8. The molecular formula is C72H54N2O4S2. The summed E-state index contributed by atoms with van der Waals surface area (Å²) < 4.78 is 2.86. The number of hydrogen-bond donors (Lipinski definition) is 2. The van der Waals surface area contributed by atoms with Crippen LogP contribution in [0.25, 0.3) is 141 Å². The first kappa shape index (κ1) is 48.8. The first-order chi connectivity index (χ1) is 38.4. The van der Waals surface area contributed by atoms with Gasteiger partial charge in [-0.25, -0.2) is 9.13 Å². The number of aromatic nitrogens is 2. The summed E-state index contributed by atoms with van der Waals surface area (Å²) in [5.74, 6) is 0.253. The molecule has 0 radical (unpaired) electrons. The SMILES string of the molecule is CC(C)c1cc(S)cc(C(C)C)c1-n1c(=O)c2ccc3c4cc5cc6ccc7cc8cc9c(cc8cc7ccc6cc5cc4c4ccc(c1=O)c2c34)c1ccc2c(=O)n(-c3c(C(C)C)cc(S)cc3C(C)C)c(=O)c3ccc9c1c32. The predicted octanol–water partition coefficient (Wildman–Crippen LogP) is 17.9. The van der Waals surface area contributed by atoms with E-state index in [2.05, 4.69) is 152 Å². The van der Waals surface area contributed by atoms with Gasteiger partial charge in [-0.1, -0.05) is 104 Å². The number of rotatable bonds is 6. The van der Waals surface area contributed by atoms with Crippen LogP contribution in [0.3, 0.4) is 0 Å². The van der Waals surface area contributed by atoms with E-state index in [1.165, 1.54) is 9.13 Å². The third kappa shape index (κ3) is 6.69. The van der Waals surface area contributed by atoms with Gasteiger partial charge in [0.2, 0.25) is 0 Å². The lowest BCUT2D eigenvalue weighted by atomic mass is 9.91. The predicted molar refractivity (Wildman–Crippen MR) is 345 cm³/mol. The Hall–Kier alpha value is -8.30. The molecule has 15 rings (SSSR count). The Kier molecular flexibility index (Phi) is 10.4. The molecule has 0 N–H and O–H groups in total. The van der Waals surface area contributed by atoms with Crippen LogP contribution in [0.1, 0.15) is 101 Å². The highest BCUT2D eigenvalue weighted by atomic mass is 32.1. The zero-order chi connectivity index (χ0) is 55.2. The molecular weight excluding hydrogens is 1020 g/mol. The quantitative estimate of drug-likeness (QED) is 0.163. The number of nitrogens with zero attached hydrogens (tertiary/aromatic N) is 2. The van der Waals surface area contributed by atoms with Crippen molar-refractivity contribution in [3.63, 3.8) is 0 Å². The molecule has 0 amide bonds. The van der Waals surface area contributed by atoms with Crippen LogP contribution >= 0.6 is 25.3 Å². The van der Waals surface area contributed by atoms with Crippen molar-refractivity contribution in [1.29, 1.82) is 0 Å². The van der Waals surface area contributed by atoms with Gasteiger partial charge in [-0.15, -0.1) is 25.3 Å². The lowest BCUT2D eigenvalue weighted by molar-refractivity contribution is 0.786. The molecule has 15 aromatic rings. The smallest absolute Gasteiger partial charge is 0.266 e. The molecule has 6 nitrogen and oxygen atoms in total. The van der Waals surface area contributed by atoms with Gasteiger partial charge in [-0.2, -0.15) is 0 Å². The molecule has 388 valence electrons. The Bertz CT molecular complexity index is 4890. The monoisotopic (exact) mass is 1070 g/mol. The zero-order valence-electron chi connectivity index (χ0n) is 45.6. The molecule has 0 aliphatic heterocycles. The van der Waals surface area contributed by atoms with E-state index < -0.39 is 0 Å². The standard InChI is InChI=1S/C72H54N2O4S2/c1-33(2)55-29-45(79)30-56(34(3)4)67(55)73-69(75)51-17-13-47-59-25-41-21-37-9-11-39-23-43-27-61-49-15-19-53-66-54(72(78)74(71(53)77)68-57(35(5)6)31-46(80)32-58(68)36(7)8)20-16-50(64(49)66)62(61)28-44(43)24-40(39)12-10-38(37)22-42(41)26-60(59)48-14-18-52(70(73)76)65(51)63(47)48/h9-36,79-80H,1-8H3. The van der Waals surface area contributed by atoms with Crippen molar-refractivity contribution >= 4 is 155 Å². The van der Waals surface area contributed by atoms with Crippen molar-refractivity contribution in [2.75, 3.05) is 0 Å². The number of fused-ring (bicyclic) bond motifs is 10. The van der Waals surface area contributed by atoms with Gasteiger partial charge in [0.1, 0.15) is 0 Å². The van der Waals surface area contributed by atoms with E-state index in [0.717, 1.165) is 140 Å². The van der Waals surface area contributed by atoms with Gasteiger partial charge in [0, 0.05) is 42.1 Å². The fraction of sp³-hybridized carbons (Fsp3) is 0.167. The molecule has 13 aromatic carbocycles. The fourth-order valence-electron chi connectivity index (χ4n) is 13.9. The minimum atomic E-state index is -0.299. The van der Waals surface area contributed by atoms with Crippen LogP contribution in [-0.2, 0) is 0 Å². The molecule has 0 saturated carbocycles. The molecule has 0 aliphatic carbocycles. The molecule has 80 heavy (non-hydrogen) atoms. The van der Waals surface area contributed by atoms with E-state index in [0.29, 0.717) is 32.9 Å². The molecule has 0 bridgehead atoms. The Morgan fingerprint density at radius 1 is 0.263 bits per heavy atom. The zero-order valence-corrected chi connectivity index (χ0v) is 47.4. The van der Waals surface area contributed by atoms with Gasteiger partial charge in [-0.3, -0.25) is 19.2 Å². The molecule has 0 saturated heterocycles. The van der Waals surface area contributed by atoms with Gasteiger partial charge in [-0.05, 0) is 240 Å². The van der Waals surface area contributed by atoms with Crippen LogP contribution in [0, 0.1) is 0 Å². The highest BCUT2D eigenvalue weighted by Gasteiger charge is 2.28. The lowest BCUT2D eigenvalue weighted by Gasteiger charge is -2.22. The van der Waals surface area contributed by atoms with Crippen molar-refractivity contribution in [3.05, 3.63) is 209 Å². The van der Waals surface area contributed by atoms with Crippen LogP contribution in [0.4, 0.5) is 0 Å². The van der Waals surface area contributed by atoms with E-state index in [9.17, 15) is 19.2 Å². The molecule has 0 unspecified atom stereocenters. The summed E-state index contributed by atoms with van der Waals surface area (Å²) in [4.78, 5) is 60.9. The Balaban J connectivity index is 0.874. The van der Waals surface area contributed by atoms with Crippen LogP contribution in [0.15, 0.2) is 175 Å². The van der Waals surface area contributed by atoms with Crippen LogP contribution < -0.4 is 22.2 Å². The molecule has 2 heterocycles. The number of benzene rings is 10. The molecule has 8 heteroatoms. The minimum absolute atomic E-state index is 0.0632. The normalized spacial score (nSPS) is 12.8. The average Bonchev–Trinajstić information content (AvgIpc) is 2.73. The Morgan fingerprint density at radius 2 is 0.475 bits per heavy atom. The maximum absolute atomic E-state index is 14.8. The second-order valence-corrected chi connectivity index (χ2v) is 24.8. The summed E-state index contributed by atoms with van der Waals surface area (Å²) in [5, 5.41) is 22.8. The van der Waals surface area contributed by atoms with E-state index in [1.54, 1.807) is 0 Å². The van der Waals surface area contributed by atoms with Gasteiger partial charge < -0.3 is 0 Å². The van der Waals surface area contributed by atoms with E-state index >= 15 is 0 Å². The van der Waals surface area contributed by atoms with Gasteiger partial charge in [0.25, 0.3) is 22.2 Å². The van der Waals surface area contributed by atoms with Crippen LogP contribution in [0.2, 0.25) is 0 Å². The molecule has 0 aliphatic rings. The third-order valence-electron chi connectivity index (χ3n) is 17.7. The van der Waals surface area contributed by atoms with E-state index in [-0.39, 0.29) is 45.9 Å². The maximum atomic E-state index is 14.8. The van der Waals surface area contributed by atoms with Crippen molar-refractivity contribution in [2.45, 2.75) is 88.9 Å². The van der Waals surface area contributed by atoms with Crippen molar-refractivity contribution in [2.24, 2.45) is 0 Å². The maximum Gasteiger partial charge on any atom is 0.266 e. The number of pyridine rings is 2. The molecule has 0 atom stereocenters. The number of hydrogen-bond acceptors (Lipinski definition) is 6. The van der Waals surface area contributed by atoms with Gasteiger partial charge in [0.05, 0.1) is 11.4 Å². The van der Waals surface area contributed by atoms with Crippen molar-refractivity contribution in [3.8, 4) is 11.4 Å². The second kappa shape index (κ2) is 17.1. The Morgan fingerprint density at radius 3 is 0.700 bits per heavy atom. The summed E-state index contributed by atoms with van der Waals surface area (Å²) in [6, 6.07) is 50.9. The molecule has 0 spiro atoms. The van der Waals surface area contributed by atoms with E-state index in [4.69, 9.17) is 25.3 Å². The molecule has 2 aromatic heterocycles. The summed E-state index contributed by atoms with van der Waals surface area (Å²) in [6.07, 6.45) is 0. The summed E-state index contributed by atoms with van der Waals surface area (Å²) in [7, 11) is 0. The molecule has 0 fully saturated rings. The lowest BCUT2D eigenvalue weighted by Crippen LogP contribution is -2.33. The second-order valence-electron chi connectivity index (χ2n) is 23.7. The van der Waals surface area contributed by atoms with Crippen molar-refractivity contribution < 1.29 is 0 Å². The Labute approximate surface area is 470 Å². The number of thiol groups is 2. The largest absolute Gasteiger partial charge is 0.268 e. The fourth-order valence-corrected chi connectivity index (χ4v) is 14.4. The summed E-state index contributed by atoms with van der Waals surface area (Å²) >= 11 is 9.46. The van der Waals surface area contributed by atoms with Gasteiger partial charge >= 0.3 is 0 Å². The highest BCUT2D eigenvalue weighted by Crippen LogP contribution is 2.46. The van der Waals surface area contributed by atoms with Gasteiger partial charge in [0.15, 0.2) is 0 Å². The topological polar surface area (TPSA) is 78.1 Å². The van der Waals surface area contributed by atoms with Crippen LogP contribution in [-0.4, -0.2) is 9.13 Å². The summed E-state index contributed by atoms with van der Waals surface area (Å²) in [5.41, 5.74) is 3.87. The first-order valence-corrected chi connectivity index (χ1v) is 28.7. The third-order valence-corrected chi connectivity index (χ3v) is 18.2. The van der Waals surface area contributed by atoms with Crippen molar-refractivity contribution in [1.82, 2.24) is 9.13 Å². The van der Waals surface area contributed by atoms with E-state index in [1.807, 2.05) is 48.5 Å².